The molecule has 3 nitrogen and oxygen atoms in total. The lowest BCUT2D eigenvalue weighted by atomic mass is 10.1. The third-order valence-electron chi connectivity index (χ3n) is 3.58. The Bertz CT molecular complexity index is 331. The normalized spacial score (nSPS) is 16.8. The molecule has 0 spiro atoms. The van der Waals surface area contributed by atoms with Gasteiger partial charge in [0.1, 0.15) is 5.75 Å². The summed E-state index contributed by atoms with van der Waals surface area (Å²) in [5.41, 5.74) is 6.95. The van der Waals surface area contributed by atoms with Crippen molar-refractivity contribution in [1.82, 2.24) is 4.90 Å². The summed E-state index contributed by atoms with van der Waals surface area (Å²) in [6.07, 6.45) is 5.30. The number of rotatable bonds is 5. The monoisotopic (exact) mass is 234 g/mol. The zero-order valence-electron chi connectivity index (χ0n) is 10.3. The Morgan fingerprint density at radius 3 is 2.41 bits per heavy atom. The van der Waals surface area contributed by atoms with E-state index in [1.165, 1.54) is 31.2 Å². The zero-order valence-corrected chi connectivity index (χ0v) is 10.3. The van der Waals surface area contributed by atoms with Crippen molar-refractivity contribution < 1.29 is 5.11 Å². The van der Waals surface area contributed by atoms with Crippen molar-refractivity contribution in [3.8, 4) is 5.75 Å². The molecule has 1 saturated carbocycles. The van der Waals surface area contributed by atoms with E-state index in [-0.39, 0.29) is 0 Å². The van der Waals surface area contributed by atoms with Gasteiger partial charge in [0.15, 0.2) is 0 Å². The Kier molecular flexibility index (Phi) is 4.40. The van der Waals surface area contributed by atoms with Crippen molar-refractivity contribution in [2.75, 3.05) is 13.1 Å². The fourth-order valence-corrected chi connectivity index (χ4v) is 2.66. The molecule has 2 rings (SSSR count). The Morgan fingerprint density at radius 2 is 1.82 bits per heavy atom. The molecule has 1 aromatic carbocycles. The Hall–Kier alpha value is -1.06. The summed E-state index contributed by atoms with van der Waals surface area (Å²) in [4.78, 5) is 2.49. The van der Waals surface area contributed by atoms with Crippen molar-refractivity contribution in [3.05, 3.63) is 29.8 Å². The lowest BCUT2D eigenvalue weighted by molar-refractivity contribution is 0.195. The van der Waals surface area contributed by atoms with Crippen molar-refractivity contribution in [1.29, 1.82) is 0 Å². The number of phenolic OH excluding ortho intramolecular Hbond substituents is 1. The molecule has 0 radical (unpaired) electrons. The summed E-state index contributed by atoms with van der Waals surface area (Å²) in [5, 5.41) is 9.27. The molecule has 3 N–H and O–H groups in total. The third kappa shape index (κ3) is 3.45. The Labute approximate surface area is 103 Å². The number of benzene rings is 1. The minimum Gasteiger partial charge on any atom is -0.508 e. The number of hydrogen-bond donors (Lipinski definition) is 2. The second kappa shape index (κ2) is 6.03. The molecule has 0 aromatic heterocycles. The quantitative estimate of drug-likeness (QED) is 0.820. The second-order valence-corrected chi connectivity index (χ2v) is 4.86. The van der Waals surface area contributed by atoms with Gasteiger partial charge in [0, 0.05) is 25.7 Å². The summed E-state index contributed by atoms with van der Waals surface area (Å²) >= 11 is 0. The van der Waals surface area contributed by atoms with E-state index >= 15 is 0 Å². The largest absolute Gasteiger partial charge is 0.508 e. The van der Waals surface area contributed by atoms with Crippen LogP contribution in [0.3, 0.4) is 0 Å². The maximum atomic E-state index is 9.27. The molecule has 0 saturated heterocycles. The number of phenols is 1. The lowest BCUT2D eigenvalue weighted by Gasteiger charge is -2.28. The molecule has 3 heteroatoms. The number of nitrogens with zero attached hydrogens (tertiary/aromatic N) is 1. The van der Waals surface area contributed by atoms with Crippen LogP contribution in [0.5, 0.6) is 5.75 Å². The van der Waals surface area contributed by atoms with Crippen molar-refractivity contribution in [3.63, 3.8) is 0 Å². The van der Waals surface area contributed by atoms with Gasteiger partial charge in [-0.1, -0.05) is 25.0 Å². The van der Waals surface area contributed by atoms with Crippen LogP contribution in [-0.2, 0) is 6.54 Å². The number of hydrogen-bond acceptors (Lipinski definition) is 3. The van der Waals surface area contributed by atoms with Gasteiger partial charge in [0.2, 0.25) is 0 Å². The van der Waals surface area contributed by atoms with Crippen LogP contribution < -0.4 is 5.73 Å². The number of aromatic hydroxyl groups is 1. The molecular weight excluding hydrogens is 212 g/mol. The Morgan fingerprint density at radius 1 is 1.18 bits per heavy atom. The van der Waals surface area contributed by atoms with E-state index in [2.05, 4.69) is 4.90 Å². The maximum absolute atomic E-state index is 9.27. The molecule has 0 bridgehead atoms. The molecule has 1 fully saturated rings. The molecule has 17 heavy (non-hydrogen) atoms. The van der Waals surface area contributed by atoms with Gasteiger partial charge in [-0.25, -0.2) is 0 Å². The standard InChI is InChI=1S/C14H22N2O/c15-9-10-16(13-3-1-2-4-13)11-12-5-7-14(17)8-6-12/h5-8,13,17H,1-4,9-11,15H2. The number of nitrogens with two attached hydrogens (primary N) is 1. The molecule has 1 aliphatic carbocycles. The maximum Gasteiger partial charge on any atom is 0.115 e. The molecule has 1 aliphatic rings. The first-order chi connectivity index (χ1) is 8.29. The second-order valence-electron chi connectivity index (χ2n) is 4.86. The van der Waals surface area contributed by atoms with Crippen LogP contribution in [0.25, 0.3) is 0 Å². The van der Waals surface area contributed by atoms with Gasteiger partial charge in [-0.3, -0.25) is 4.90 Å². The van der Waals surface area contributed by atoms with Crippen LogP contribution in [-0.4, -0.2) is 29.1 Å². The highest BCUT2D eigenvalue weighted by Crippen LogP contribution is 2.24. The van der Waals surface area contributed by atoms with E-state index in [1.54, 1.807) is 12.1 Å². The highest BCUT2D eigenvalue weighted by Gasteiger charge is 2.21. The molecule has 0 unspecified atom stereocenters. The minimum absolute atomic E-state index is 0.333. The zero-order chi connectivity index (χ0) is 12.1. The van der Waals surface area contributed by atoms with Gasteiger partial charge in [0.25, 0.3) is 0 Å². The van der Waals surface area contributed by atoms with Crippen LogP contribution in [0, 0.1) is 0 Å². The van der Waals surface area contributed by atoms with E-state index in [9.17, 15) is 5.11 Å². The lowest BCUT2D eigenvalue weighted by Crippen LogP contribution is -2.36. The molecule has 0 atom stereocenters. The van der Waals surface area contributed by atoms with Crippen LogP contribution >= 0.6 is 0 Å². The highest BCUT2D eigenvalue weighted by atomic mass is 16.3. The van der Waals surface area contributed by atoms with Crippen molar-refractivity contribution in [2.45, 2.75) is 38.3 Å². The van der Waals surface area contributed by atoms with Crippen LogP contribution in [0.2, 0.25) is 0 Å². The first-order valence-corrected chi connectivity index (χ1v) is 6.51. The summed E-state index contributed by atoms with van der Waals surface area (Å²) in [6, 6.07) is 8.20. The molecule has 0 amide bonds. The van der Waals surface area contributed by atoms with E-state index in [1.807, 2.05) is 12.1 Å². The topological polar surface area (TPSA) is 49.5 Å². The fourth-order valence-electron chi connectivity index (χ4n) is 2.66. The predicted molar refractivity (Wildman–Crippen MR) is 69.8 cm³/mol. The van der Waals surface area contributed by atoms with E-state index in [0.29, 0.717) is 18.3 Å². The predicted octanol–water partition coefficient (Wildman–Crippen LogP) is 2.10. The smallest absolute Gasteiger partial charge is 0.115 e. The fraction of sp³-hybridized carbons (Fsp3) is 0.571. The minimum atomic E-state index is 0.333. The van der Waals surface area contributed by atoms with Crippen LogP contribution in [0.4, 0.5) is 0 Å². The van der Waals surface area contributed by atoms with Gasteiger partial charge < -0.3 is 10.8 Å². The highest BCUT2D eigenvalue weighted by molar-refractivity contribution is 5.25. The van der Waals surface area contributed by atoms with Crippen LogP contribution in [0.15, 0.2) is 24.3 Å². The van der Waals surface area contributed by atoms with Gasteiger partial charge in [-0.15, -0.1) is 0 Å². The third-order valence-corrected chi connectivity index (χ3v) is 3.58. The van der Waals surface area contributed by atoms with Gasteiger partial charge in [0.05, 0.1) is 0 Å². The van der Waals surface area contributed by atoms with E-state index in [0.717, 1.165) is 13.1 Å². The average Bonchev–Trinajstić information content (AvgIpc) is 2.85. The SMILES string of the molecule is NCCN(Cc1ccc(O)cc1)C1CCCC1. The van der Waals surface area contributed by atoms with Crippen molar-refractivity contribution >= 4 is 0 Å². The summed E-state index contributed by atoms with van der Waals surface area (Å²) in [7, 11) is 0. The molecule has 1 aromatic rings. The van der Waals surface area contributed by atoms with E-state index in [4.69, 9.17) is 5.73 Å². The van der Waals surface area contributed by atoms with Crippen LogP contribution in [0.1, 0.15) is 31.2 Å². The average molecular weight is 234 g/mol. The first kappa shape index (κ1) is 12.4. The molecule has 0 aliphatic heterocycles. The van der Waals surface area contributed by atoms with Crippen molar-refractivity contribution in [2.24, 2.45) is 5.73 Å². The van der Waals surface area contributed by atoms with Gasteiger partial charge in [-0.05, 0) is 30.5 Å². The summed E-state index contributed by atoms with van der Waals surface area (Å²) in [5.74, 6) is 0.333. The molecular formula is C14H22N2O. The first-order valence-electron chi connectivity index (χ1n) is 6.51. The van der Waals surface area contributed by atoms with Gasteiger partial charge >= 0.3 is 0 Å². The van der Waals surface area contributed by atoms with E-state index < -0.39 is 0 Å². The molecule has 0 heterocycles. The summed E-state index contributed by atoms with van der Waals surface area (Å²) < 4.78 is 0. The van der Waals surface area contributed by atoms with Gasteiger partial charge in [-0.2, -0.15) is 0 Å². The summed E-state index contributed by atoms with van der Waals surface area (Å²) in [6.45, 7) is 2.63. The molecule has 94 valence electrons. The Balaban J connectivity index is 1.98.